The zero-order chi connectivity index (χ0) is 19.6. The minimum atomic E-state index is -1.10. The van der Waals surface area contributed by atoms with Crippen molar-refractivity contribution in [3.8, 4) is 5.88 Å². The van der Waals surface area contributed by atoms with E-state index in [0.717, 1.165) is 26.5 Å². The largest absolute Gasteiger partial charge is 0.493 e. The third-order valence-electron chi connectivity index (χ3n) is 3.65. The number of fused-ring (bicyclic) bond motifs is 1. The van der Waals surface area contributed by atoms with Gasteiger partial charge in [-0.2, -0.15) is 0 Å². The van der Waals surface area contributed by atoms with Crippen LogP contribution in [0.25, 0.3) is 10.9 Å². The maximum atomic E-state index is 10.9. The Morgan fingerprint density at radius 3 is 2.89 bits per heavy atom. The van der Waals surface area contributed by atoms with Gasteiger partial charge in [-0.05, 0) is 18.3 Å². The predicted molar refractivity (Wildman–Crippen MR) is 107 cm³/mol. The van der Waals surface area contributed by atoms with Crippen LogP contribution in [0.1, 0.15) is 4.88 Å². The first-order chi connectivity index (χ1) is 12.9. The minimum Gasteiger partial charge on any atom is -0.493 e. The molecule has 1 aliphatic rings. The fourth-order valence-electron chi connectivity index (χ4n) is 2.48. The number of aliphatic hydroxyl groups is 1. The lowest BCUT2D eigenvalue weighted by Crippen LogP contribution is -2.21. The maximum absolute atomic E-state index is 10.9. The van der Waals surface area contributed by atoms with Crippen LogP contribution in [-0.4, -0.2) is 39.0 Å². The van der Waals surface area contributed by atoms with E-state index < -0.39 is 12.5 Å². The maximum Gasteiger partial charge on any atom is 0.323 e. The molecule has 0 bridgehead atoms. The molecule has 0 saturated heterocycles. The summed E-state index contributed by atoms with van der Waals surface area (Å²) in [6.07, 6.45) is 1.54. The lowest BCUT2D eigenvalue weighted by atomic mass is 10.2. The van der Waals surface area contributed by atoms with Gasteiger partial charge in [0.25, 0.3) is 0 Å². The highest BCUT2D eigenvalue weighted by atomic mass is 32.2. The standard InChI is InChI=1S/C17H13N3O4S3/c1-18-10-2-3-12-11(8-10)19(6-7-21)14(26-12)5-4-13-16(24)20(9-15(22)23)17(25)27-13/h2-4,8,21,24H,6-7,9H2,(H,22,23). The predicted octanol–water partition coefficient (Wildman–Crippen LogP) is 3.68. The van der Waals surface area contributed by atoms with Gasteiger partial charge in [0.1, 0.15) is 11.6 Å². The summed E-state index contributed by atoms with van der Waals surface area (Å²) in [5.74, 6) is -1.32. The Morgan fingerprint density at radius 1 is 1.44 bits per heavy atom. The molecule has 1 aromatic carbocycles. The summed E-state index contributed by atoms with van der Waals surface area (Å²) in [6, 6.07) is 5.33. The number of β-amino-alcohol motifs (C(OH)–C–C–N with tert-alkyl or cyclic N) is 1. The smallest absolute Gasteiger partial charge is 0.323 e. The van der Waals surface area contributed by atoms with Crippen LogP contribution in [0.5, 0.6) is 5.88 Å². The first-order valence-electron chi connectivity index (χ1n) is 7.63. The van der Waals surface area contributed by atoms with Gasteiger partial charge >= 0.3 is 5.97 Å². The molecule has 0 aliphatic carbocycles. The molecule has 1 aliphatic heterocycles. The Balaban J connectivity index is 2.01. The van der Waals surface area contributed by atoms with Gasteiger partial charge in [0.2, 0.25) is 5.88 Å². The van der Waals surface area contributed by atoms with Crippen molar-refractivity contribution in [2.24, 2.45) is 0 Å². The molecular formula is C17H13N3O4S3. The van der Waals surface area contributed by atoms with Crippen LogP contribution in [0.4, 0.5) is 11.4 Å². The monoisotopic (exact) mass is 419 g/mol. The highest BCUT2D eigenvalue weighted by molar-refractivity contribution is 8.03. The number of anilines is 1. The number of aromatic hydroxyl groups is 1. The van der Waals surface area contributed by atoms with Crippen LogP contribution in [0.15, 0.2) is 33.9 Å². The van der Waals surface area contributed by atoms with Crippen molar-refractivity contribution >= 4 is 58.7 Å². The zero-order valence-corrected chi connectivity index (χ0v) is 16.2. The molecular weight excluding hydrogens is 406 g/mol. The highest BCUT2D eigenvalue weighted by Crippen LogP contribution is 2.47. The topological polar surface area (TPSA) is 90.3 Å². The number of hydrogen-bond acceptors (Lipinski definition) is 7. The number of aromatic nitrogens is 1. The number of carboxylic acid groups (broad SMARTS) is 1. The second-order valence-electron chi connectivity index (χ2n) is 5.37. The number of benzene rings is 1. The van der Waals surface area contributed by atoms with Gasteiger partial charge in [-0.1, -0.05) is 29.6 Å². The number of aliphatic hydroxyl groups excluding tert-OH is 1. The molecule has 3 rings (SSSR count). The first kappa shape index (κ1) is 19.2. The third-order valence-corrected chi connectivity index (χ3v) is 6.13. The van der Waals surface area contributed by atoms with E-state index in [9.17, 15) is 15.0 Å². The van der Waals surface area contributed by atoms with E-state index in [4.69, 9.17) is 23.9 Å². The Morgan fingerprint density at radius 2 is 2.22 bits per heavy atom. The Kier molecular flexibility index (Phi) is 5.70. The van der Waals surface area contributed by atoms with Crippen LogP contribution >= 0.6 is 35.3 Å². The number of carboxylic acids is 1. The van der Waals surface area contributed by atoms with Crippen LogP contribution in [0, 0.1) is 10.5 Å². The van der Waals surface area contributed by atoms with Crippen molar-refractivity contribution < 1.29 is 20.1 Å². The molecule has 7 nitrogen and oxygen atoms in total. The average Bonchev–Trinajstić information content (AvgIpc) is 3.11. The summed E-state index contributed by atoms with van der Waals surface area (Å²) < 4.78 is 1.40. The van der Waals surface area contributed by atoms with Gasteiger partial charge < -0.3 is 20.2 Å². The summed E-state index contributed by atoms with van der Waals surface area (Å²) >= 11 is 7.62. The van der Waals surface area contributed by atoms with Gasteiger partial charge in [-0.25, -0.2) is 4.85 Å². The molecule has 3 N–H and O–H groups in total. The molecule has 0 fully saturated rings. The highest BCUT2D eigenvalue weighted by Gasteiger charge is 2.25. The normalized spacial score (nSPS) is 12.4. The fourth-order valence-corrected chi connectivity index (χ4v) is 4.71. The molecule has 0 atom stereocenters. The molecule has 1 aromatic heterocycles. The van der Waals surface area contributed by atoms with E-state index in [0.29, 0.717) is 22.1 Å². The second kappa shape index (κ2) is 8.00. The van der Waals surface area contributed by atoms with Crippen LogP contribution in [0.2, 0.25) is 0 Å². The van der Waals surface area contributed by atoms with Gasteiger partial charge in [0.15, 0.2) is 9.64 Å². The number of thioether (sulfide) groups is 1. The van der Waals surface area contributed by atoms with E-state index in [1.807, 2.05) is 11.0 Å². The first-order valence-corrected chi connectivity index (χ1v) is 9.67. The molecule has 0 saturated carbocycles. The summed E-state index contributed by atoms with van der Waals surface area (Å²) in [5.41, 5.74) is 4.41. The number of rotatable bonds is 5. The molecule has 138 valence electrons. The van der Waals surface area contributed by atoms with Crippen molar-refractivity contribution in [3.05, 3.63) is 49.2 Å². The van der Waals surface area contributed by atoms with E-state index in [2.05, 4.69) is 10.6 Å². The van der Waals surface area contributed by atoms with Crippen LogP contribution in [0.3, 0.4) is 0 Å². The fraction of sp³-hybridized carbons (Fsp3) is 0.176. The Bertz CT molecular complexity index is 1070. The number of carbonyl (C=O) groups is 1. The van der Waals surface area contributed by atoms with E-state index in [1.54, 1.807) is 18.2 Å². The molecule has 0 unspecified atom stereocenters. The number of hydrogen-bond donors (Lipinski definition) is 3. The van der Waals surface area contributed by atoms with Crippen molar-refractivity contribution in [2.45, 2.75) is 11.4 Å². The zero-order valence-electron chi connectivity index (χ0n) is 13.7. The average molecular weight is 420 g/mol. The van der Waals surface area contributed by atoms with Crippen molar-refractivity contribution in [2.75, 3.05) is 18.1 Å². The lowest BCUT2D eigenvalue weighted by molar-refractivity contribution is -0.137. The van der Waals surface area contributed by atoms with E-state index in [1.165, 1.54) is 11.8 Å². The van der Waals surface area contributed by atoms with Crippen molar-refractivity contribution in [1.82, 2.24) is 4.57 Å². The second-order valence-corrected chi connectivity index (χ2v) is 8.08. The summed E-state index contributed by atoms with van der Waals surface area (Å²) in [5, 5.41) is 29.2. The molecule has 27 heavy (non-hydrogen) atoms. The summed E-state index contributed by atoms with van der Waals surface area (Å²) in [7, 11) is 0. The van der Waals surface area contributed by atoms with Gasteiger partial charge in [0, 0.05) is 23.2 Å². The Labute approximate surface area is 167 Å². The van der Waals surface area contributed by atoms with E-state index in [-0.39, 0.29) is 16.4 Å². The summed E-state index contributed by atoms with van der Waals surface area (Å²) in [6.45, 7) is 6.99. The van der Waals surface area contributed by atoms with Gasteiger partial charge in [0.05, 0.1) is 18.1 Å². The molecule has 0 radical (unpaired) electrons. The number of thiazole rings is 1. The third kappa shape index (κ3) is 3.93. The Hall–Kier alpha value is -2.54. The van der Waals surface area contributed by atoms with Crippen LogP contribution < -0.4 is 4.90 Å². The number of nitrogens with zero attached hydrogens (tertiary/aromatic N) is 3. The quantitative estimate of drug-likeness (QED) is 0.387. The molecule has 2 aromatic rings. The van der Waals surface area contributed by atoms with Crippen molar-refractivity contribution in [1.29, 1.82) is 0 Å². The van der Waals surface area contributed by atoms with Gasteiger partial charge in [-0.3, -0.25) is 9.36 Å². The molecule has 0 spiro atoms. The molecule has 10 heteroatoms. The molecule has 0 amide bonds. The molecule has 2 heterocycles. The summed E-state index contributed by atoms with van der Waals surface area (Å²) in [4.78, 5) is 17.5. The SMILES string of the molecule is [C-]#[N+]c1ccc2c(c1)N(CCO)C(=C=Cc1sc(=S)n(CC(=O)O)c1O)S2. The van der Waals surface area contributed by atoms with Gasteiger partial charge in [-0.15, -0.1) is 11.3 Å². The van der Waals surface area contributed by atoms with Crippen LogP contribution in [-0.2, 0) is 11.3 Å². The minimum absolute atomic E-state index is 0.0768. The van der Waals surface area contributed by atoms with E-state index >= 15 is 0 Å². The lowest BCUT2D eigenvalue weighted by Gasteiger charge is -2.17. The number of aliphatic carboxylic acids is 1. The van der Waals surface area contributed by atoms with Crippen molar-refractivity contribution in [3.63, 3.8) is 0 Å².